The summed E-state index contributed by atoms with van der Waals surface area (Å²) in [6.45, 7) is 8.29. The Labute approximate surface area is 508 Å². The van der Waals surface area contributed by atoms with Crippen LogP contribution in [-0.2, 0) is 9.31 Å². The van der Waals surface area contributed by atoms with Crippen LogP contribution in [0.3, 0.4) is 0 Å². The van der Waals surface area contributed by atoms with Crippen LogP contribution in [-0.4, -0.2) is 53.6 Å². The monoisotopic (exact) mass is 1400 g/mol. The van der Waals surface area contributed by atoms with Gasteiger partial charge in [0, 0.05) is 42.7 Å². The fourth-order valence-electron chi connectivity index (χ4n) is 8.31. The maximum absolute atomic E-state index is 10.1. The quantitative estimate of drug-likeness (QED) is 0.0513. The molecule has 12 rings (SSSR count). The van der Waals surface area contributed by atoms with Gasteiger partial charge in [-0.15, -0.1) is 0 Å². The molecule has 9 nitrogen and oxygen atoms in total. The number of carbonyl (C=O) groups excluding carboxylic acids is 1. The topological polar surface area (TPSA) is 109 Å². The van der Waals surface area contributed by atoms with Gasteiger partial charge in [-0.2, -0.15) is 0 Å². The molecule has 79 heavy (non-hydrogen) atoms. The molecule has 0 bridgehead atoms. The third-order valence-electron chi connectivity index (χ3n) is 13.0. The minimum Gasteiger partial charge on any atom is -0.399 e. The van der Waals surface area contributed by atoms with Crippen molar-refractivity contribution >= 4 is 135 Å². The first-order chi connectivity index (χ1) is 38.4. The minimum absolute atomic E-state index is 0.350. The van der Waals surface area contributed by atoms with E-state index in [1.807, 2.05) is 113 Å². The van der Waals surface area contributed by atoms with Gasteiger partial charge in [0.15, 0.2) is 0 Å². The maximum atomic E-state index is 10.1. The molecule has 2 aromatic heterocycles. The molecular weight excluding hydrogens is 1340 g/mol. The smallest absolute Gasteiger partial charge is 0.399 e. The van der Waals surface area contributed by atoms with E-state index in [0.717, 1.165) is 94.0 Å². The van der Waals surface area contributed by atoms with Gasteiger partial charge in [-0.25, -0.2) is 9.97 Å². The number of alkyl halides is 2. The summed E-state index contributed by atoms with van der Waals surface area (Å²) < 4.78 is 18.9. The molecule has 14 heteroatoms. The Bertz CT molecular complexity index is 3630. The highest BCUT2D eigenvalue weighted by atomic mass is 127. The molecule has 3 N–H and O–H groups in total. The number of hydrogen-bond donors (Lipinski definition) is 2. The number of fused-ring (bicyclic) bond motifs is 2. The Balaban J connectivity index is 0.000000161. The average molecular weight is 1400 g/mol. The molecule has 11 aromatic rings. The molecule has 0 unspecified atom stereocenters. The van der Waals surface area contributed by atoms with Crippen LogP contribution in [0.1, 0.15) is 38.1 Å². The summed E-state index contributed by atoms with van der Waals surface area (Å²) in [6.07, 6.45) is 0.826. The Hall–Kier alpha value is -6.41. The van der Waals surface area contributed by atoms with Gasteiger partial charge >= 0.3 is 7.12 Å². The number of carbonyl (C=O) groups is 1. The van der Waals surface area contributed by atoms with E-state index in [-0.39, 0.29) is 18.3 Å². The van der Waals surface area contributed by atoms with Gasteiger partial charge in [0.2, 0.25) is 0 Å². The van der Waals surface area contributed by atoms with E-state index in [1.54, 1.807) is 12.1 Å². The van der Waals surface area contributed by atoms with Crippen molar-refractivity contribution in [2.24, 2.45) is 0 Å². The van der Waals surface area contributed by atoms with Crippen LogP contribution in [0.25, 0.3) is 56.2 Å². The van der Waals surface area contributed by atoms with E-state index in [1.165, 1.54) is 0 Å². The second kappa shape index (κ2) is 29.2. The number of aromatic nitrogens is 4. The van der Waals surface area contributed by atoms with Crippen molar-refractivity contribution in [1.29, 1.82) is 0 Å². The van der Waals surface area contributed by atoms with Gasteiger partial charge in [-0.1, -0.05) is 217 Å². The van der Waals surface area contributed by atoms with Crippen molar-refractivity contribution in [3.8, 4) is 34.2 Å². The lowest BCUT2D eigenvalue weighted by atomic mass is 9.79. The van der Waals surface area contributed by atoms with Crippen LogP contribution in [0.15, 0.2) is 246 Å². The Morgan fingerprint density at radius 2 is 0.873 bits per heavy atom. The standard InChI is InChI=1S/C25H25BN2O2.C19H13BrN2.C12H12N2.C7H5BrO.2CH3I/c1-24(2)25(3,4)30-26(29-24)19-16-14-18(15-17-19)23-27-21-12-8-9-13-22(21)28(23)20-10-6-5-7-11-20;20-15-12-10-14(11-13-15)19-21-17-8-4-5-9-18(17)22(19)16-6-2-1-3-7-16;13-11-8-4-5-9-12(11)14-10-6-2-1-3-7-10;8-7-3-1-6(5-9)2-4-7;2*1-2/h5-17H,1-4H3;1-13H;1-9,14H,13H2;1-5H;2*1H3. The predicted molar refractivity (Wildman–Crippen MR) is 356 cm³/mol. The predicted octanol–water partition coefficient (Wildman–Crippen LogP) is 17.8. The number of rotatable bonds is 8. The van der Waals surface area contributed by atoms with Crippen molar-refractivity contribution in [3.63, 3.8) is 0 Å². The van der Waals surface area contributed by atoms with Crippen LogP contribution in [0.5, 0.6) is 0 Å². The lowest BCUT2D eigenvalue weighted by molar-refractivity contribution is 0.00578. The van der Waals surface area contributed by atoms with E-state index >= 15 is 0 Å². The van der Waals surface area contributed by atoms with Crippen LogP contribution in [0, 0.1) is 0 Å². The number of benzene rings is 9. The van der Waals surface area contributed by atoms with E-state index in [2.05, 4.69) is 241 Å². The van der Waals surface area contributed by atoms with E-state index in [9.17, 15) is 4.79 Å². The summed E-state index contributed by atoms with van der Waals surface area (Å²) in [6, 6.07) is 78.7. The SMILES string of the molecule is Brc1ccc(-c2nc3ccccc3n2-c2ccccc2)cc1.CC1(C)OB(c2ccc(-c3nc4ccccc4n3-c3ccccc3)cc2)OC1(C)C.CI.CI.Nc1ccccc1Nc1ccccc1.O=Cc1ccc(Br)cc1. The summed E-state index contributed by atoms with van der Waals surface area (Å²) in [7, 11) is -0.364. The Kier molecular flexibility index (Phi) is 22.2. The fourth-order valence-corrected chi connectivity index (χ4v) is 8.84. The van der Waals surface area contributed by atoms with Crippen molar-refractivity contribution < 1.29 is 14.1 Å². The molecular formula is C65H61BBr2I2N6O3. The van der Waals surface area contributed by atoms with Crippen molar-refractivity contribution in [2.45, 2.75) is 38.9 Å². The number of halogens is 4. The van der Waals surface area contributed by atoms with Crippen LogP contribution >= 0.6 is 77.0 Å². The molecule has 1 aliphatic rings. The van der Waals surface area contributed by atoms with Gasteiger partial charge in [-0.05, 0) is 140 Å². The zero-order valence-electron chi connectivity index (χ0n) is 44.8. The second-order valence-corrected chi connectivity index (χ2v) is 20.5. The Morgan fingerprint density at radius 3 is 1.32 bits per heavy atom. The number of nitrogens with zero attached hydrogens (tertiary/aromatic N) is 4. The zero-order valence-corrected chi connectivity index (χ0v) is 52.3. The van der Waals surface area contributed by atoms with E-state index in [4.69, 9.17) is 25.0 Å². The number of nitrogen functional groups attached to an aromatic ring is 1. The van der Waals surface area contributed by atoms with Crippen molar-refractivity contribution in [3.05, 3.63) is 251 Å². The normalized spacial score (nSPS) is 12.6. The van der Waals surface area contributed by atoms with Gasteiger partial charge in [0.1, 0.15) is 17.9 Å². The number of aldehydes is 1. The molecule has 1 fully saturated rings. The van der Waals surface area contributed by atoms with E-state index in [0.29, 0.717) is 5.56 Å². The first-order valence-electron chi connectivity index (χ1n) is 25.3. The van der Waals surface area contributed by atoms with Crippen molar-refractivity contribution in [2.75, 3.05) is 20.9 Å². The molecule has 0 radical (unpaired) electrons. The highest BCUT2D eigenvalue weighted by molar-refractivity contribution is 14.1. The molecule has 400 valence electrons. The minimum atomic E-state index is -0.364. The maximum Gasteiger partial charge on any atom is 0.494 e. The summed E-state index contributed by atoms with van der Waals surface area (Å²) in [4.78, 5) is 23.8. The second-order valence-electron chi connectivity index (χ2n) is 18.7. The van der Waals surface area contributed by atoms with Gasteiger partial charge in [0.25, 0.3) is 0 Å². The summed E-state index contributed by atoms with van der Waals surface area (Å²) in [5.41, 5.74) is 18.1. The van der Waals surface area contributed by atoms with Crippen molar-refractivity contribution in [1.82, 2.24) is 19.1 Å². The lowest BCUT2D eigenvalue weighted by Gasteiger charge is -2.32. The highest BCUT2D eigenvalue weighted by Gasteiger charge is 2.51. The third kappa shape index (κ3) is 15.5. The zero-order chi connectivity index (χ0) is 56.4. The largest absolute Gasteiger partial charge is 0.494 e. The summed E-state index contributed by atoms with van der Waals surface area (Å²) in [5.74, 6) is 1.88. The number of imidazole rings is 2. The molecule has 0 spiro atoms. The fraction of sp³-hybridized carbons (Fsp3) is 0.123. The number of nitrogens with one attached hydrogen (secondary N) is 1. The van der Waals surface area contributed by atoms with Crippen LogP contribution < -0.4 is 16.5 Å². The molecule has 3 heterocycles. The number of nitrogens with two attached hydrogens (primary N) is 1. The molecule has 0 saturated carbocycles. The first-order valence-corrected chi connectivity index (χ1v) is 31.2. The van der Waals surface area contributed by atoms with Crippen LogP contribution in [0.4, 0.5) is 17.1 Å². The molecule has 0 aliphatic carbocycles. The van der Waals surface area contributed by atoms with Crippen LogP contribution in [0.2, 0.25) is 0 Å². The lowest BCUT2D eigenvalue weighted by Crippen LogP contribution is -2.41. The first kappa shape index (κ1) is 60.2. The van der Waals surface area contributed by atoms with E-state index < -0.39 is 0 Å². The molecule has 1 saturated heterocycles. The highest BCUT2D eigenvalue weighted by Crippen LogP contribution is 2.37. The molecule has 0 atom stereocenters. The molecule has 1 aliphatic heterocycles. The number of anilines is 3. The average Bonchev–Trinajstić information content (AvgIpc) is 4.18. The van der Waals surface area contributed by atoms with Gasteiger partial charge in [-0.3, -0.25) is 13.9 Å². The summed E-state index contributed by atoms with van der Waals surface area (Å²) >= 11 is 11.0. The number of para-hydroxylation sites is 9. The Morgan fingerprint density at radius 1 is 0.494 bits per heavy atom. The number of hydrogen-bond acceptors (Lipinski definition) is 7. The van der Waals surface area contributed by atoms with Gasteiger partial charge < -0.3 is 20.4 Å². The third-order valence-corrected chi connectivity index (χ3v) is 14.0. The summed E-state index contributed by atoms with van der Waals surface area (Å²) in [5, 5.41) is 3.25. The molecule has 0 amide bonds. The van der Waals surface area contributed by atoms with Gasteiger partial charge in [0.05, 0.1) is 44.6 Å². The molecule has 9 aromatic carbocycles.